The van der Waals surface area contributed by atoms with Crippen molar-refractivity contribution in [2.24, 2.45) is 5.41 Å². The Morgan fingerprint density at radius 2 is 1.88 bits per heavy atom. The molecule has 33 heavy (non-hydrogen) atoms. The molecule has 1 aliphatic heterocycles. The molecule has 1 atom stereocenters. The molecule has 184 valence electrons. The van der Waals surface area contributed by atoms with Crippen molar-refractivity contribution in [3.8, 4) is 0 Å². The highest BCUT2D eigenvalue weighted by Gasteiger charge is 2.25. The van der Waals surface area contributed by atoms with Gasteiger partial charge >= 0.3 is 11.8 Å². The summed E-state index contributed by atoms with van der Waals surface area (Å²) in [4.78, 5) is 40.3. The number of nitrogens with one attached hydrogen (secondary N) is 2. The first kappa shape index (κ1) is 25.5. The number of aromatic nitrogens is 2. The van der Waals surface area contributed by atoms with Gasteiger partial charge < -0.3 is 9.47 Å². The van der Waals surface area contributed by atoms with Gasteiger partial charge in [0.1, 0.15) is 10.4 Å². The molecule has 0 aliphatic carbocycles. The maximum atomic E-state index is 13.4. The normalized spacial score (nSPS) is 17.0. The van der Waals surface area contributed by atoms with Crippen LogP contribution in [-0.4, -0.2) is 33.5 Å². The highest BCUT2D eigenvalue weighted by atomic mass is 32.1. The largest absolute Gasteiger partial charge is 0.443 e. The molecule has 9 nitrogen and oxygen atoms in total. The van der Waals surface area contributed by atoms with Gasteiger partial charge in [-0.25, -0.2) is 15.0 Å². The zero-order valence-corrected chi connectivity index (χ0v) is 21.5. The number of ether oxygens (including phenoxy) is 2. The highest BCUT2D eigenvalue weighted by molar-refractivity contribution is 7.18. The third-order valence-corrected chi connectivity index (χ3v) is 6.59. The van der Waals surface area contributed by atoms with E-state index in [1.165, 1.54) is 15.9 Å². The number of carbonyl (C=O) groups is 1. The molecule has 1 unspecified atom stereocenters. The van der Waals surface area contributed by atoms with Gasteiger partial charge in [0.25, 0.3) is 5.56 Å². The quantitative estimate of drug-likeness (QED) is 0.615. The molecule has 2 N–H and O–H groups in total. The zero-order chi connectivity index (χ0) is 24.6. The lowest BCUT2D eigenvalue weighted by Crippen LogP contribution is -2.43. The molecule has 0 aromatic carbocycles. The maximum absolute atomic E-state index is 13.4. The first-order valence-corrected chi connectivity index (χ1v) is 12.2. The van der Waals surface area contributed by atoms with Crippen LogP contribution < -0.4 is 22.1 Å². The Balaban J connectivity index is 1.98. The van der Waals surface area contributed by atoms with Gasteiger partial charge in [0.2, 0.25) is 0 Å². The van der Waals surface area contributed by atoms with Crippen LogP contribution in [0.15, 0.2) is 9.59 Å². The molecule has 1 aliphatic rings. The Hall–Kier alpha value is -2.17. The first-order chi connectivity index (χ1) is 15.3. The second kappa shape index (κ2) is 9.60. The Bertz CT molecular complexity index is 1130. The van der Waals surface area contributed by atoms with E-state index in [-0.39, 0.29) is 22.8 Å². The number of thiophene rings is 1. The van der Waals surface area contributed by atoms with Gasteiger partial charge in [-0.05, 0) is 51.5 Å². The number of hydrogen-bond acceptors (Lipinski definition) is 7. The summed E-state index contributed by atoms with van der Waals surface area (Å²) in [5.74, 6) is 0. The SMILES string of the molecule is Cc1c(CNNC(=O)OC(C)(C)C)sc2c1c(=O)n(CC(C)(C)C)c(=O)n2CC1CCCO1. The molecule has 1 amide bonds. The van der Waals surface area contributed by atoms with Crippen molar-refractivity contribution in [2.75, 3.05) is 6.61 Å². The van der Waals surface area contributed by atoms with Crippen molar-refractivity contribution in [3.05, 3.63) is 31.3 Å². The molecule has 2 aromatic heterocycles. The molecule has 3 rings (SSSR count). The Morgan fingerprint density at radius 3 is 2.45 bits per heavy atom. The number of amides is 1. The van der Waals surface area contributed by atoms with E-state index in [1.54, 1.807) is 25.3 Å². The zero-order valence-electron chi connectivity index (χ0n) is 20.7. The average Bonchev–Trinajstić information content (AvgIpc) is 3.28. The molecule has 0 spiro atoms. The van der Waals surface area contributed by atoms with E-state index in [0.29, 0.717) is 36.5 Å². The molecule has 3 heterocycles. The van der Waals surface area contributed by atoms with E-state index >= 15 is 0 Å². The smallest absolute Gasteiger partial charge is 0.422 e. The summed E-state index contributed by atoms with van der Waals surface area (Å²) in [5, 5.41) is 0.552. The topological polar surface area (TPSA) is 104 Å². The fraction of sp³-hybridized carbons (Fsp3) is 0.696. The van der Waals surface area contributed by atoms with Gasteiger partial charge in [-0.1, -0.05) is 20.8 Å². The first-order valence-electron chi connectivity index (χ1n) is 11.4. The Labute approximate surface area is 198 Å². The fourth-order valence-corrected chi connectivity index (χ4v) is 5.11. The minimum absolute atomic E-state index is 0.0377. The predicted octanol–water partition coefficient (Wildman–Crippen LogP) is 3.29. The van der Waals surface area contributed by atoms with E-state index in [4.69, 9.17) is 9.47 Å². The van der Waals surface area contributed by atoms with Crippen molar-refractivity contribution >= 4 is 27.6 Å². The fourth-order valence-electron chi connectivity index (χ4n) is 3.88. The second-order valence-corrected chi connectivity index (χ2v) is 11.9. The molecule has 1 fully saturated rings. The van der Waals surface area contributed by atoms with E-state index in [0.717, 1.165) is 23.3 Å². The van der Waals surface area contributed by atoms with E-state index in [9.17, 15) is 14.4 Å². The number of carbonyl (C=O) groups excluding carboxylic acids is 1. The third-order valence-electron chi connectivity index (χ3n) is 5.27. The van der Waals surface area contributed by atoms with Gasteiger partial charge in [0, 0.05) is 24.6 Å². The number of nitrogens with zero attached hydrogens (tertiary/aromatic N) is 2. The van der Waals surface area contributed by atoms with Crippen molar-refractivity contribution in [1.29, 1.82) is 0 Å². The molecule has 1 saturated heterocycles. The maximum Gasteiger partial charge on any atom is 0.422 e. The van der Waals surface area contributed by atoms with Gasteiger partial charge in [-0.3, -0.25) is 19.4 Å². The van der Waals surface area contributed by atoms with Crippen molar-refractivity contribution in [1.82, 2.24) is 20.0 Å². The third kappa shape index (κ3) is 6.24. The molecule has 0 radical (unpaired) electrons. The van der Waals surface area contributed by atoms with Gasteiger partial charge in [-0.2, -0.15) is 0 Å². The summed E-state index contributed by atoms with van der Waals surface area (Å²) >= 11 is 1.39. The predicted molar refractivity (Wildman–Crippen MR) is 130 cm³/mol. The summed E-state index contributed by atoms with van der Waals surface area (Å²) in [6.07, 6.45) is 1.25. The van der Waals surface area contributed by atoms with Crippen LogP contribution in [-0.2, 0) is 29.1 Å². The summed E-state index contributed by atoms with van der Waals surface area (Å²) in [6, 6.07) is 0. The number of hydrazine groups is 1. The lowest BCUT2D eigenvalue weighted by atomic mass is 9.97. The van der Waals surface area contributed by atoms with Crippen LogP contribution >= 0.6 is 11.3 Å². The number of aryl methyl sites for hydroxylation is 1. The Kier molecular flexibility index (Phi) is 7.40. The number of hydrogen-bond donors (Lipinski definition) is 2. The van der Waals surface area contributed by atoms with Gasteiger partial charge in [0.05, 0.1) is 18.0 Å². The van der Waals surface area contributed by atoms with Crippen LogP contribution in [0.2, 0.25) is 0 Å². The van der Waals surface area contributed by atoms with Gasteiger partial charge in [0.15, 0.2) is 0 Å². The summed E-state index contributed by atoms with van der Waals surface area (Å²) in [5.41, 5.74) is 4.80. The lowest BCUT2D eigenvalue weighted by Gasteiger charge is -2.21. The molecule has 2 aromatic rings. The van der Waals surface area contributed by atoms with E-state index < -0.39 is 11.7 Å². The van der Waals surface area contributed by atoms with Gasteiger partial charge in [-0.15, -0.1) is 11.3 Å². The number of fused-ring (bicyclic) bond motifs is 1. The average molecular weight is 481 g/mol. The highest BCUT2D eigenvalue weighted by Crippen LogP contribution is 2.29. The molecule has 0 bridgehead atoms. The van der Waals surface area contributed by atoms with Crippen LogP contribution in [0.1, 0.15) is 64.8 Å². The second-order valence-electron chi connectivity index (χ2n) is 10.8. The van der Waals surface area contributed by atoms with Crippen molar-refractivity contribution in [2.45, 2.75) is 92.6 Å². The van der Waals surface area contributed by atoms with Crippen LogP contribution in [0.4, 0.5) is 4.79 Å². The molecule has 10 heteroatoms. The van der Waals surface area contributed by atoms with Crippen molar-refractivity contribution in [3.63, 3.8) is 0 Å². The van der Waals surface area contributed by atoms with E-state index in [2.05, 4.69) is 10.9 Å². The van der Waals surface area contributed by atoms with Crippen LogP contribution in [0.25, 0.3) is 10.2 Å². The Morgan fingerprint density at radius 1 is 1.18 bits per heavy atom. The van der Waals surface area contributed by atoms with Crippen molar-refractivity contribution < 1.29 is 14.3 Å². The monoisotopic (exact) mass is 480 g/mol. The standard InChI is InChI=1S/C23H36N4O5S/c1-14-16(11-24-25-20(29)32-23(5,6)7)33-19-17(14)18(28)27(13-22(2,3)4)21(30)26(19)12-15-9-8-10-31-15/h15,24H,8-13H2,1-7H3,(H,25,29). The van der Waals surface area contributed by atoms with E-state index in [1.807, 2.05) is 27.7 Å². The summed E-state index contributed by atoms with van der Waals surface area (Å²) < 4.78 is 14.1. The lowest BCUT2D eigenvalue weighted by molar-refractivity contribution is 0.0497. The summed E-state index contributed by atoms with van der Waals surface area (Å²) in [6.45, 7) is 15.0. The molecular weight excluding hydrogens is 444 g/mol. The summed E-state index contributed by atoms with van der Waals surface area (Å²) in [7, 11) is 0. The minimum Gasteiger partial charge on any atom is -0.443 e. The van der Waals surface area contributed by atoms with Crippen LogP contribution in [0.3, 0.4) is 0 Å². The van der Waals surface area contributed by atoms with Crippen LogP contribution in [0.5, 0.6) is 0 Å². The molecular formula is C23H36N4O5S. The number of rotatable bonds is 6. The minimum atomic E-state index is -0.601. The molecule has 0 saturated carbocycles. The van der Waals surface area contributed by atoms with Crippen LogP contribution in [0, 0.1) is 12.3 Å².